The lowest BCUT2D eigenvalue weighted by Crippen LogP contribution is -2.11. The van der Waals surface area contributed by atoms with Gasteiger partial charge in [-0.2, -0.15) is 4.98 Å². The highest BCUT2D eigenvalue weighted by atomic mass is 16.1. The van der Waals surface area contributed by atoms with Gasteiger partial charge >= 0.3 is 0 Å². The minimum absolute atomic E-state index is 0.0268. The Morgan fingerprint density at radius 1 is 0.966 bits per heavy atom. The number of aryl methyl sites for hydroxylation is 2. The molecule has 6 heteroatoms. The molecule has 150 valence electrons. The first-order valence-electron chi connectivity index (χ1n) is 9.93. The molecule has 3 N–H and O–H groups in total. The van der Waals surface area contributed by atoms with Gasteiger partial charge in [0.25, 0.3) is 0 Å². The molecule has 0 unspecified atom stereocenters. The highest BCUT2D eigenvalue weighted by molar-refractivity contribution is 5.90. The van der Waals surface area contributed by atoms with Crippen molar-refractivity contribution >= 4 is 29.0 Å². The first kappa shape index (κ1) is 20.3. The number of nitrogens with zero attached hydrogens (tertiary/aromatic N) is 2. The van der Waals surface area contributed by atoms with Gasteiger partial charge < -0.3 is 16.0 Å². The molecule has 2 aromatic carbocycles. The van der Waals surface area contributed by atoms with Crippen molar-refractivity contribution in [2.45, 2.75) is 33.1 Å². The van der Waals surface area contributed by atoms with Gasteiger partial charge in [-0.05, 0) is 56.5 Å². The van der Waals surface area contributed by atoms with Crippen LogP contribution in [0.1, 0.15) is 31.0 Å². The molecule has 0 radical (unpaired) electrons. The van der Waals surface area contributed by atoms with E-state index in [0.717, 1.165) is 42.3 Å². The zero-order chi connectivity index (χ0) is 20.5. The van der Waals surface area contributed by atoms with Gasteiger partial charge in [0.15, 0.2) is 0 Å². The Balaban J connectivity index is 1.50. The molecule has 1 heterocycles. The lowest BCUT2D eigenvalue weighted by atomic mass is 10.1. The topological polar surface area (TPSA) is 78.9 Å². The molecule has 0 aliphatic rings. The van der Waals surface area contributed by atoms with Crippen LogP contribution in [-0.4, -0.2) is 22.4 Å². The number of anilines is 4. The van der Waals surface area contributed by atoms with Gasteiger partial charge in [0.1, 0.15) is 5.82 Å². The van der Waals surface area contributed by atoms with Gasteiger partial charge in [0, 0.05) is 36.1 Å². The fourth-order valence-corrected chi connectivity index (χ4v) is 2.98. The van der Waals surface area contributed by atoms with Crippen molar-refractivity contribution in [1.82, 2.24) is 9.97 Å². The molecule has 1 aromatic heterocycles. The summed E-state index contributed by atoms with van der Waals surface area (Å²) in [6.45, 7) is 4.76. The molecular weight excluding hydrogens is 362 g/mol. The third kappa shape index (κ3) is 6.60. The Morgan fingerprint density at radius 2 is 1.69 bits per heavy atom. The number of rotatable bonds is 9. The second kappa shape index (κ2) is 10.2. The maximum absolute atomic E-state index is 12.2. The van der Waals surface area contributed by atoms with Crippen molar-refractivity contribution in [2.24, 2.45) is 0 Å². The van der Waals surface area contributed by atoms with Gasteiger partial charge in [-0.15, -0.1) is 0 Å². The summed E-state index contributed by atoms with van der Waals surface area (Å²) >= 11 is 0. The van der Waals surface area contributed by atoms with Crippen LogP contribution in [0.5, 0.6) is 0 Å². The van der Waals surface area contributed by atoms with Crippen LogP contribution in [0.15, 0.2) is 60.7 Å². The third-order valence-corrected chi connectivity index (χ3v) is 4.35. The average Bonchev–Trinajstić information content (AvgIpc) is 2.70. The summed E-state index contributed by atoms with van der Waals surface area (Å²) in [5.41, 5.74) is 3.78. The highest BCUT2D eigenvalue weighted by Crippen LogP contribution is 2.18. The van der Waals surface area contributed by atoms with Crippen LogP contribution < -0.4 is 16.0 Å². The Kier molecular flexibility index (Phi) is 7.16. The van der Waals surface area contributed by atoms with E-state index >= 15 is 0 Å². The smallest absolute Gasteiger partial charge is 0.229 e. The Labute approximate surface area is 171 Å². The molecule has 1 amide bonds. The molecular formula is C23H27N5O. The summed E-state index contributed by atoms with van der Waals surface area (Å²) in [5, 5.41) is 9.34. The Morgan fingerprint density at radius 3 is 2.41 bits per heavy atom. The molecule has 0 bridgehead atoms. The van der Waals surface area contributed by atoms with E-state index in [1.807, 2.05) is 62.4 Å². The van der Waals surface area contributed by atoms with Crippen LogP contribution >= 0.6 is 0 Å². The van der Waals surface area contributed by atoms with Crippen molar-refractivity contribution in [3.8, 4) is 0 Å². The summed E-state index contributed by atoms with van der Waals surface area (Å²) in [7, 11) is 0. The van der Waals surface area contributed by atoms with Gasteiger partial charge in [0.2, 0.25) is 11.9 Å². The number of hydrogen-bond donors (Lipinski definition) is 3. The second-order valence-corrected chi connectivity index (χ2v) is 6.84. The van der Waals surface area contributed by atoms with Crippen LogP contribution in [0.4, 0.5) is 23.1 Å². The first-order chi connectivity index (χ1) is 14.1. The largest absolute Gasteiger partial charge is 0.370 e. The molecule has 0 aliphatic heterocycles. The van der Waals surface area contributed by atoms with E-state index < -0.39 is 0 Å². The molecule has 0 spiro atoms. The average molecular weight is 390 g/mol. The van der Waals surface area contributed by atoms with Crippen molar-refractivity contribution in [2.75, 3.05) is 22.5 Å². The van der Waals surface area contributed by atoms with E-state index in [9.17, 15) is 4.79 Å². The van der Waals surface area contributed by atoms with Crippen molar-refractivity contribution < 1.29 is 4.79 Å². The van der Waals surface area contributed by atoms with Gasteiger partial charge in [-0.1, -0.05) is 30.3 Å². The molecule has 3 rings (SSSR count). The molecule has 0 fully saturated rings. The summed E-state index contributed by atoms with van der Waals surface area (Å²) in [6, 6.07) is 19.7. The number of carbonyl (C=O) groups excluding carboxylic acids is 1. The Hall–Kier alpha value is -3.41. The fourth-order valence-electron chi connectivity index (χ4n) is 2.98. The number of aromatic nitrogens is 2. The Bertz CT molecular complexity index is 926. The molecule has 0 saturated carbocycles. The minimum Gasteiger partial charge on any atom is -0.370 e. The normalized spacial score (nSPS) is 10.4. The summed E-state index contributed by atoms with van der Waals surface area (Å²) in [4.78, 5) is 21.0. The van der Waals surface area contributed by atoms with E-state index in [0.29, 0.717) is 12.4 Å². The number of benzene rings is 2. The van der Waals surface area contributed by atoms with E-state index in [2.05, 4.69) is 38.1 Å². The van der Waals surface area contributed by atoms with E-state index in [1.165, 1.54) is 5.56 Å². The number of hydrogen-bond acceptors (Lipinski definition) is 5. The number of amides is 1. The first-order valence-corrected chi connectivity index (χ1v) is 9.93. The van der Waals surface area contributed by atoms with Crippen LogP contribution in [0.2, 0.25) is 0 Å². The summed E-state index contributed by atoms with van der Waals surface area (Å²) < 4.78 is 0. The number of carbonyl (C=O) groups is 1. The van der Waals surface area contributed by atoms with Crippen molar-refractivity contribution in [3.63, 3.8) is 0 Å². The maximum atomic E-state index is 12.2. The molecule has 29 heavy (non-hydrogen) atoms. The predicted molar refractivity (Wildman–Crippen MR) is 119 cm³/mol. The molecule has 6 nitrogen and oxygen atoms in total. The van der Waals surface area contributed by atoms with Crippen LogP contribution in [0, 0.1) is 6.92 Å². The molecule has 0 aliphatic carbocycles. The predicted octanol–water partition coefficient (Wildman–Crippen LogP) is 4.92. The quantitative estimate of drug-likeness (QED) is 0.484. The third-order valence-electron chi connectivity index (χ3n) is 4.35. The SMILES string of the molecule is CCNc1cc(C)nc(Nc2ccc(NC(=O)CCCc3ccccc3)cc2)n1. The van der Waals surface area contributed by atoms with Gasteiger partial charge in [0.05, 0.1) is 0 Å². The molecule has 3 aromatic rings. The molecule has 0 saturated heterocycles. The maximum Gasteiger partial charge on any atom is 0.229 e. The number of nitrogens with one attached hydrogen (secondary N) is 3. The van der Waals surface area contributed by atoms with Gasteiger partial charge in [-0.3, -0.25) is 4.79 Å². The van der Waals surface area contributed by atoms with E-state index in [4.69, 9.17) is 0 Å². The lowest BCUT2D eigenvalue weighted by Gasteiger charge is -2.10. The molecule has 0 atom stereocenters. The fraction of sp³-hybridized carbons (Fsp3) is 0.261. The standard InChI is InChI=1S/C23H27N5O/c1-3-24-21-16-17(2)25-23(28-21)27-20-14-12-19(13-15-20)26-22(29)11-7-10-18-8-5-4-6-9-18/h4-6,8-9,12-16H,3,7,10-11H2,1-2H3,(H,26,29)(H2,24,25,27,28). The van der Waals surface area contributed by atoms with Crippen LogP contribution in [-0.2, 0) is 11.2 Å². The van der Waals surface area contributed by atoms with Gasteiger partial charge in [-0.25, -0.2) is 4.98 Å². The van der Waals surface area contributed by atoms with Crippen molar-refractivity contribution in [1.29, 1.82) is 0 Å². The van der Waals surface area contributed by atoms with Crippen LogP contribution in [0.3, 0.4) is 0 Å². The highest BCUT2D eigenvalue weighted by Gasteiger charge is 2.05. The second-order valence-electron chi connectivity index (χ2n) is 6.84. The summed E-state index contributed by atoms with van der Waals surface area (Å²) in [5.74, 6) is 1.36. The van der Waals surface area contributed by atoms with Crippen molar-refractivity contribution in [3.05, 3.63) is 71.9 Å². The zero-order valence-corrected chi connectivity index (χ0v) is 16.9. The minimum atomic E-state index is 0.0268. The van der Waals surface area contributed by atoms with Crippen LogP contribution in [0.25, 0.3) is 0 Å². The van der Waals surface area contributed by atoms with E-state index in [-0.39, 0.29) is 5.91 Å². The monoisotopic (exact) mass is 389 g/mol. The van der Waals surface area contributed by atoms with E-state index in [1.54, 1.807) is 0 Å². The zero-order valence-electron chi connectivity index (χ0n) is 16.9. The lowest BCUT2D eigenvalue weighted by molar-refractivity contribution is -0.116. The summed E-state index contributed by atoms with van der Waals surface area (Å²) in [6.07, 6.45) is 2.23.